The Morgan fingerprint density at radius 2 is 1.12 bits per heavy atom. The minimum atomic E-state index is -1.95. The van der Waals surface area contributed by atoms with Crippen molar-refractivity contribution in [3.63, 3.8) is 0 Å². The monoisotopic (exact) mass is 1470 g/mol. The molecule has 12 atom stereocenters. The number of aliphatic hydroxyl groups is 1. The molecule has 3 rings (SSSR count). The van der Waals surface area contributed by atoms with Crippen molar-refractivity contribution in [3.05, 3.63) is 78.1 Å². The summed E-state index contributed by atoms with van der Waals surface area (Å²) in [5, 5.41) is 71.7. The summed E-state index contributed by atoms with van der Waals surface area (Å²) in [5.41, 5.74) is 31.3. The molecule has 556 valence electrons. The molecule has 0 radical (unpaired) electrons. The van der Waals surface area contributed by atoms with Gasteiger partial charge in [-0.1, -0.05) is 72.3 Å². The largest absolute Gasteiger partial charge is 0.508 e. The molecule has 2 aromatic carbocycles. The number of rotatable bonds is 49. The lowest BCUT2D eigenvalue weighted by atomic mass is 9.94. The van der Waals surface area contributed by atoms with Gasteiger partial charge in [0.05, 0.1) is 37.1 Å². The van der Waals surface area contributed by atoms with E-state index in [4.69, 9.17) is 38.9 Å². The number of carbonyl (C=O) groups is 15. The van der Waals surface area contributed by atoms with Crippen LogP contribution in [0.15, 0.2) is 67.0 Å². The molecule has 0 spiro atoms. The zero-order valence-corrected chi connectivity index (χ0v) is 58.2. The molecule has 0 saturated carbocycles. The van der Waals surface area contributed by atoms with Crippen LogP contribution in [0.1, 0.15) is 83.3 Å². The molecular weight excluding hydrogens is 1380 g/mol. The Morgan fingerprint density at radius 1 is 0.564 bits per heavy atom. The van der Waals surface area contributed by atoms with Gasteiger partial charge in [0.15, 0.2) is 0 Å². The van der Waals surface area contributed by atoms with Crippen LogP contribution in [0.3, 0.4) is 0 Å². The molecule has 3 aromatic rings. The Balaban J connectivity index is 1.96. The van der Waals surface area contributed by atoms with Gasteiger partial charge in [-0.15, -0.1) is 0 Å². The number of Topliss-reactive ketones (excluding diaryl/α,β-unsaturated/α-hetero) is 2. The Bertz CT molecular complexity index is 3440. The molecule has 0 aliphatic carbocycles. The molecular formula is C62H90N16O20S3. The summed E-state index contributed by atoms with van der Waals surface area (Å²) in [6.07, 6.45) is -2.58. The number of nitrogens with one attached hydrogen (secondary N) is 11. The van der Waals surface area contributed by atoms with Crippen LogP contribution >= 0.6 is 33.3 Å². The van der Waals surface area contributed by atoms with Gasteiger partial charge in [-0.05, 0) is 79.9 Å². The second kappa shape index (κ2) is 43.3. The van der Waals surface area contributed by atoms with Crippen molar-refractivity contribution >= 4 is 133 Å². The molecule has 0 bridgehead atoms. The summed E-state index contributed by atoms with van der Waals surface area (Å²) in [6.45, 7) is 7.70. The van der Waals surface area contributed by atoms with E-state index in [1.165, 1.54) is 42.2 Å². The fraction of sp³-hybridized carbons (Fsp3) is 0.500. The number of amides is 11. The molecule has 1 heterocycles. The van der Waals surface area contributed by atoms with Crippen LogP contribution in [0, 0.1) is 5.92 Å². The maximum atomic E-state index is 14.8. The first kappa shape index (κ1) is 85.8. The highest BCUT2D eigenvalue weighted by Gasteiger charge is 2.38. The highest BCUT2D eigenvalue weighted by Crippen LogP contribution is 2.24. The molecule has 1 aromatic heterocycles. The number of ketones is 2. The standard InChI is InChI=1S/C62H90N16O20S3/c1-29(2)20-42(78-98)54(88)53(87)41(23-48(66)82)70-30(3)38(18-19-99-5)72-57(91)40(15-16-47(65)81)73-59(93)45(24-49(67)83)75-58(92)44(22-33-25-68-39-9-7-6-8-35(33)39)76-61(95)52(31(4)79)77-60(94)43(21-32-10-12-34(80)13-11-32)74-55(89)37(64)27-100-101-28-46(56(90)69-26-51(85)86)71-50(84)17-14-36(63)62(96)97/h6-13,25,29,31,36-38,40-46,52,68,70,78-80,98H,3,14-24,26-28,63-64H2,1-2,4-5H3,(H2,65,81)(H2,66,82)(H2,67,83)(H,69,90)(H,71,84)(H,72,91)(H,73,93)(H,74,89)(H,75,92)(H,76,95)(H,77,94)(H,85,86)(H,96,97)/t31-,36?,37?,38+,40+,41+,42+,43+,44+,45+,46?,52+/m1/s1. The predicted octanol–water partition coefficient (Wildman–Crippen LogP) is -4.69. The number of hydrogen-bond acceptors (Lipinski definition) is 25. The number of aromatic amines is 1. The van der Waals surface area contributed by atoms with Crippen molar-refractivity contribution < 1.29 is 97.6 Å². The van der Waals surface area contributed by atoms with Gasteiger partial charge in [0.25, 0.3) is 0 Å². The van der Waals surface area contributed by atoms with Crippen LogP contribution in [-0.2, 0) is 84.8 Å². The SMILES string of the molecule is C=C(N[C@@H](CC(N)=O)C(=O)C(=O)[C@H](CC(C)C)NO)[C@H](CCSC)NC(=O)[C@H](CCC(N)=O)NC(=O)[C@H](CC(N)=O)NC(=O)[C@H](Cc1c[nH]c2ccccc12)NC(=O)[C@@H](NC(=O)[C@H](Cc1ccc(O)cc1)NC(=O)C(N)CSSCC(NC(=O)CCC(N)C(=O)O)C(=O)NCC(=O)O)[C@@H](C)O. The van der Waals surface area contributed by atoms with Crippen molar-refractivity contribution in [3.8, 4) is 5.75 Å². The zero-order valence-electron chi connectivity index (χ0n) is 55.8. The summed E-state index contributed by atoms with van der Waals surface area (Å²) >= 11 is 1.32. The Hall–Kier alpha value is -9.38. The van der Waals surface area contributed by atoms with E-state index < -0.39 is 206 Å². The number of phenols is 1. The number of aliphatic carboxylic acids is 2. The molecule has 0 saturated heterocycles. The Morgan fingerprint density at radius 3 is 1.71 bits per heavy atom. The average Bonchev–Trinajstić information content (AvgIpc) is 1.75. The van der Waals surface area contributed by atoms with E-state index in [9.17, 15) is 87.3 Å². The van der Waals surface area contributed by atoms with E-state index in [1.54, 1.807) is 49.8 Å². The number of phenolic OH excluding ortho intramolecular Hbond substituents is 1. The molecule has 0 aliphatic rings. The number of primary amides is 3. The average molecular weight is 1480 g/mol. The third kappa shape index (κ3) is 30.6. The number of H-pyrrole nitrogens is 1. The molecule has 0 fully saturated rings. The van der Waals surface area contributed by atoms with Gasteiger partial charge in [0, 0.05) is 60.0 Å². The predicted molar refractivity (Wildman–Crippen MR) is 371 cm³/mol. The normalized spacial score (nSPS) is 14.7. The number of benzene rings is 2. The van der Waals surface area contributed by atoms with Gasteiger partial charge in [0.2, 0.25) is 76.5 Å². The molecule has 101 heavy (non-hydrogen) atoms. The summed E-state index contributed by atoms with van der Waals surface area (Å²) in [5.74, 6) is -17.0. The van der Waals surface area contributed by atoms with Gasteiger partial charge in [-0.25, -0.2) is 0 Å². The summed E-state index contributed by atoms with van der Waals surface area (Å²) in [7, 11) is 1.85. The second-order valence-corrected chi connectivity index (χ2v) is 27.3. The van der Waals surface area contributed by atoms with Crippen LogP contribution in [0.2, 0.25) is 0 Å². The van der Waals surface area contributed by atoms with Crippen LogP contribution in [-0.4, -0.2) is 222 Å². The Kier molecular flexibility index (Phi) is 36.8. The molecule has 0 aliphatic heterocycles. The topological polar surface area (TPSA) is 623 Å². The van der Waals surface area contributed by atoms with E-state index in [-0.39, 0.29) is 54.6 Å². The smallest absolute Gasteiger partial charge is 0.322 e. The van der Waals surface area contributed by atoms with Gasteiger partial charge >= 0.3 is 11.9 Å². The molecule has 11 amide bonds. The van der Waals surface area contributed by atoms with E-state index >= 15 is 0 Å². The fourth-order valence-electron chi connectivity index (χ4n) is 9.58. The maximum Gasteiger partial charge on any atom is 0.322 e. The second-order valence-electron chi connectivity index (χ2n) is 23.7. The van der Waals surface area contributed by atoms with Crippen LogP contribution in [0.4, 0.5) is 0 Å². The highest BCUT2D eigenvalue weighted by atomic mass is 33.1. The third-order valence-corrected chi connectivity index (χ3v) is 18.1. The van der Waals surface area contributed by atoms with E-state index in [0.29, 0.717) is 27.8 Å². The van der Waals surface area contributed by atoms with Crippen LogP contribution in [0.5, 0.6) is 5.75 Å². The number of carboxylic acids is 2. The van der Waals surface area contributed by atoms with Gasteiger partial charge in [0.1, 0.15) is 60.6 Å². The van der Waals surface area contributed by atoms with Crippen molar-refractivity contribution in [2.75, 3.05) is 30.1 Å². The first-order chi connectivity index (χ1) is 47.5. The van der Waals surface area contributed by atoms with E-state index in [1.807, 2.05) is 0 Å². The molecule has 36 nitrogen and oxygen atoms in total. The number of thioether (sulfide) groups is 1. The zero-order chi connectivity index (χ0) is 75.8. The number of para-hydroxylation sites is 1. The van der Waals surface area contributed by atoms with E-state index in [0.717, 1.165) is 28.5 Å². The minimum absolute atomic E-state index is 0.0260. The fourth-order valence-corrected chi connectivity index (χ4v) is 12.3. The number of aliphatic hydroxyl groups excluding tert-OH is 1. The Labute approximate surface area is 592 Å². The van der Waals surface area contributed by atoms with Crippen molar-refractivity contribution in [1.82, 2.24) is 58.3 Å². The molecule has 26 N–H and O–H groups in total. The first-order valence-corrected chi connectivity index (χ1v) is 35.3. The summed E-state index contributed by atoms with van der Waals surface area (Å²) < 4.78 is 0. The first-order valence-electron chi connectivity index (χ1n) is 31.4. The maximum absolute atomic E-state index is 14.8. The lowest BCUT2D eigenvalue weighted by molar-refractivity contribution is -0.141. The molecule has 3 unspecified atom stereocenters. The molecule has 39 heteroatoms. The van der Waals surface area contributed by atoms with Gasteiger partial charge in [-0.3, -0.25) is 71.9 Å². The number of hydrogen-bond donors (Lipinski definition) is 21. The van der Waals surface area contributed by atoms with Crippen LogP contribution in [0.25, 0.3) is 10.9 Å². The van der Waals surface area contributed by atoms with Gasteiger partial charge < -0.3 is 107 Å². The number of carboxylic acid groups (broad SMARTS) is 2. The minimum Gasteiger partial charge on any atom is -0.508 e. The lowest BCUT2D eigenvalue weighted by Crippen LogP contribution is -2.62. The number of nitrogens with two attached hydrogens (primary N) is 5. The summed E-state index contributed by atoms with van der Waals surface area (Å²) in [4.78, 5) is 201. The number of aromatic nitrogens is 1. The van der Waals surface area contributed by atoms with E-state index in [2.05, 4.69) is 59.4 Å². The highest BCUT2D eigenvalue weighted by molar-refractivity contribution is 8.76. The lowest BCUT2D eigenvalue weighted by Gasteiger charge is -2.29. The quantitative estimate of drug-likeness (QED) is 0.0109. The summed E-state index contributed by atoms with van der Waals surface area (Å²) in [6, 6.07) is -5.12. The van der Waals surface area contributed by atoms with Crippen molar-refractivity contribution in [2.24, 2.45) is 34.6 Å². The number of carbonyl (C=O) groups excluding carboxylic acids is 13. The van der Waals surface area contributed by atoms with Crippen molar-refractivity contribution in [1.29, 1.82) is 0 Å². The number of fused-ring (bicyclic) bond motifs is 1. The third-order valence-electron chi connectivity index (χ3n) is 15.0. The van der Waals surface area contributed by atoms with Crippen LogP contribution < -0.4 is 82.0 Å². The number of aromatic hydroxyl groups is 1. The number of hydroxylamine groups is 1. The van der Waals surface area contributed by atoms with Gasteiger partial charge in [-0.2, -0.15) is 17.2 Å². The van der Waals surface area contributed by atoms with Crippen molar-refractivity contribution in [2.45, 2.75) is 158 Å².